The zero-order valence-electron chi connectivity index (χ0n) is 11.5. The highest BCUT2D eigenvalue weighted by Crippen LogP contribution is 2.25. The van der Waals surface area contributed by atoms with Gasteiger partial charge in [-0.3, -0.25) is 14.8 Å². The van der Waals surface area contributed by atoms with E-state index in [1.165, 1.54) is 0 Å². The molecule has 5 nitrogen and oxygen atoms in total. The van der Waals surface area contributed by atoms with E-state index in [1.54, 1.807) is 23.7 Å². The molecule has 0 saturated carbocycles. The lowest BCUT2D eigenvalue weighted by Gasteiger charge is -2.07. The number of hydrogen-bond acceptors (Lipinski definition) is 3. The molecule has 0 aliphatic heterocycles. The minimum atomic E-state index is -0.386. The van der Waals surface area contributed by atoms with E-state index in [2.05, 4.69) is 5.32 Å². The molecule has 0 atom stereocenters. The Kier molecular flexibility index (Phi) is 8.12. The first kappa shape index (κ1) is 17.8. The second kappa shape index (κ2) is 9.60. The molecule has 0 saturated heterocycles. The van der Waals surface area contributed by atoms with Gasteiger partial charge >= 0.3 is 0 Å². The fourth-order valence-corrected chi connectivity index (χ4v) is 2.12. The quantitative estimate of drug-likeness (QED) is 0.385. The van der Waals surface area contributed by atoms with Crippen LogP contribution in [0, 0.1) is 0 Å². The molecule has 21 heavy (non-hydrogen) atoms. The second-order valence-electron chi connectivity index (χ2n) is 4.62. The van der Waals surface area contributed by atoms with Crippen LogP contribution in [0.4, 0.5) is 5.69 Å². The summed E-state index contributed by atoms with van der Waals surface area (Å²) >= 11 is 11.8. The van der Waals surface area contributed by atoms with Crippen LogP contribution < -0.4 is 10.8 Å². The third kappa shape index (κ3) is 7.32. The molecule has 0 aromatic heterocycles. The van der Waals surface area contributed by atoms with Crippen LogP contribution in [0.25, 0.3) is 0 Å². The minimum absolute atomic E-state index is 0.118. The van der Waals surface area contributed by atoms with E-state index in [0.29, 0.717) is 35.0 Å². The van der Waals surface area contributed by atoms with Crippen molar-refractivity contribution in [3.63, 3.8) is 0 Å². The van der Waals surface area contributed by atoms with Crippen LogP contribution in [-0.2, 0) is 9.59 Å². The molecule has 0 spiro atoms. The van der Waals surface area contributed by atoms with E-state index in [-0.39, 0.29) is 11.8 Å². The Hall–Kier alpha value is -1.30. The number of amides is 2. The SMILES string of the molecule is O=C(CCCCCCC(=O)Nc1cc(Cl)ccc1Cl)NO. The normalized spacial score (nSPS) is 10.2. The van der Waals surface area contributed by atoms with Crippen molar-refractivity contribution >= 4 is 40.7 Å². The number of rotatable bonds is 8. The van der Waals surface area contributed by atoms with Gasteiger partial charge in [-0.15, -0.1) is 0 Å². The Morgan fingerprint density at radius 3 is 2.24 bits per heavy atom. The number of unbranched alkanes of at least 4 members (excludes halogenated alkanes) is 3. The maximum absolute atomic E-state index is 11.8. The number of hydrogen-bond donors (Lipinski definition) is 3. The van der Waals surface area contributed by atoms with Gasteiger partial charge in [0.1, 0.15) is 0 Å². The monoisotopic (exact) mass is 332 g/mol. The average molecular weight is 333 g/mol. The largest absolute Gasteiger partial charge is 0.325 e. The van der Waals surface area contributed by atoms with Crippen molar-refractivity contribution in [3.8, 4) is 0 Å². The van der Waals surface area contributed by atoms with E-state index in [1.807, 2.05) is 0 Å². The lowest BCUT2D eigenvalue weighted by atomic mass is 10.1. The van der Waals surface area contributed by atoms with Crippen molar-refractivity contribution in [2.75, 3.05) is 5.32 Å². The van der Waals surface area contributed by atoms with Crippen molar-refractivity contribution in [3.05, 3.63) is 28.2 Å². The molecular formula is C14H18Cl2N2O3. The lowest BCUT2D eigenvalue weighted by molar-refractivity contribution is -0.129. The third-order valence-electron chi connectivity index (χ3n) is 2.88. The molecule has 0 radical (unpaired) electrons. The van der Waals surface area contributed by atoms with Crippen molar-refractivity contribution in [1.29, 1.82) is 0 Å². The van der Waals surface area contributed by atoms with Crippen LogP contribution >= 0.6 is 23.2 Å². The fourth-order valence-electron chi connectivity index (χ4n) is 1.79. The van der Waals surface area contributed by atoms with Gasteiger partial charge in [-0.2, -0.15) is 0 Å². The predicted molar refractivity (Wildman–Crippen MR) is 82.7 cm³/mol. The molecule has 1 rings (SSSR count). The first-order chi connectivity index (χ1) is 10.0. The van der Waals surface area contributed by atoms with Gasteiger partial charge in [0, 0.05) is 17.9 Å². The van der Waals surface area contributed by atoms with Crippen LogP contribution in [0.5, 0.6) is 0 Å². The predicted octanol–water partition coefficient (Wildman–Crippen LogP) is 3.78. The first-order valence-corrected chi connectivity index (χ1v) is 7.46. The van der Waals surface area contributed by atoms with Crippen LogP contribution in [-0.4, -0.2) is 17.0 Å². The standard InChI is InChI=1S/C14H18Cl2N2O3/c15-10-7-8-11(16)12(9-10)17-13(19)5-3-1-2-4-6-14(20)18-21/h7-9,21H,1-6H2,(H,17,19)(H,18,20). The van der Waals surface area contributed by atoms with E-state index in [4.69, 9.17) is 28.4 Å². The zero-order chi connectivity index (χ0) is 15.7. The molecule has 2 amide bonds. The van der Waals surface area contributed by atoms with E-state index in [9.17, 15) is 9.59 Å². The number of carbonyl (C=O) groups is 2. The molecule has 1 aromatic carbocycles. The summed E-state index contributed by atoms with van der Waals surface area (Å²) in [5.41, 5.74) is 2.09. The van der Waals surface area contributed by atoms with Crippen molar-refractivity contribution < 1.29 is 14.8 Å². The lowest BCUT2D eigenvalue weighted by Crippen LogP contribution is -2.17. The second-order valence-corrected chi connectivity index (χ2v) is 5.47. The molecule has 0 bridgehead atoms. The molecule has 0 aliphatic carbocycles. The number of anilines is 1. The maximum Gasteiger partial charge on any atom is 0.243 e. The molecule has 0 unspecified atom stereocenters. The number of benzene rings is 1. The number of carbonyl (C=O) groups excluding carboxylic acids is 2. The Bertz CT molecular complexity index is 495. The van der Waals surface area contributed by atoms with Gasteiger partial charge in [0.2, 0.25) is 11.8 Å². The number of hydroxylamine groups is 1. The molecule has 0 fully saturated rings. The summed E-state index contributed by atoms with van der Waals surface area (Å²) in [6, 6.07) is 4.89. The van der Waals surface area contributed by atoms with Crippen molar-refractivity contribution in [2.24, 2.45) is 0 Å². The van der Waals surface area contributed by atoms with Crippen LogP contribution in [0.2, 0.25) is 10.0 Å². The minimum Gasteiger partial charge on any atom is -0.325 e. The van der Waals surface area contributed by atoms with Crippen molar-refractivity contribution in [2.45, 2.75) is 38.5 Å². The highest BCUT2D eigenvalue weighted by atomic mass is 35.5. The van der Waals surface area contributed by atoms with E-state index < -0.39 is 0 Å². The molecule has 116 valence electrons. The molecule has 3 N–H and O–H groups in total. The van der Waals surface area contributed by atoms with Crippen LogP contribution in [0.3, 0.4) is 0 Å². The molecule has 1 aromatic rings. The first-order valence-electron chi connectivity index (χ1n) is 6.70. The van der Waals surface area contributed by atoms with Gasteiger partial charge in [0.05, 0.1) is 10.7 Å². The van der Waals surface area contributed by atoms with Crippen LogP contribution in [0.1, 0.15) is 38.5 Å². The maximum atomic E-state index is 11.8. The highest BCUT2D eigenvalue weighted by Gasteiger charge is 2.06. The Labute approximate surface area is 133 Å². The van der Waals surface area contributed by atoms with Gasteiger partial charge in [-0.25, -0.2) is 5.48 Å². The molecule has 0 aliphatic rings. The molecule has 0 heterocycles. The highest BCUT2D eigenvalue weighted by molar-refractivity contribution is 6.35. The van der Waals surface area contributed by atoms with Gasteiger partial charge in [-0.05, 0) is 31.0 Å². The van der Waals surface area contributed by atoms with Gasteiger partial charge in [0.25, 0.3) is 0 Å². The summed E-state index contributed by atoms with van der Waals surface area (Å²) in [6.07, 6.45) is 3.77. The smallest absolute Gasteiger partial charge is 0.243 e. The van der Waals surface area contributed by atoms with Gasteiger partial charge < -0.3 is 5.32 Å². The van der Waals surface area contributed by atoms with Crippen molar-refractivity contribution in [1.82, 2.24) is 5.48 Å². The summed E-state index contributed by atoms with van der Waals surface area (Å²) in [4.78, 5) is 22.5. The van der Waals surface area contributed by atoms with Crippen LogP contribution in [0.15, 0.2) is 18.2 Å². The summed E-state index contributed by atoms with van der Waals surface area (Å²) in [7, 11) is 0. The summed E-state index contributed by atoms with van der Waals surface area (Å²) in [5, 5.41) is 12.0. The Morgan fingerprint density at radius 1 is 1.00 bits per heavy atom. The van der Waals surface area contributed by atoms with Gasteiger partial charge in [0.15, 0.2) is 0 Å². The third-order valence-corrected chi connectivity index (χ3v) is 3.45. The zero-order valence-corrected chi connectivity index (χ0v) is 13.0. The van der Waals surface area contributed by atoms with Gasteiger partial charge in [-0.1, -0.05) is 36.0 Å². The summed E-state index contributed by atoms with van der Waals surface area (Å²) in [6.45, 7) is 0. The molecular weight excluding hydrogens is 315 g/mol. The fraction of sp³-hybridized carbons (Fsp3) is 0.429. The average Bonchev–Trinajstić information content (AvgIpc) is 2.46. The Balaban J connectivity index is 2.20. The van der Waals surface area contributed by atoms with E-state index in [0.717, 1.165) is 19.3 Å². The summed E-state index contributed by atoms with van der Waals surface area (Å²) in [5.74, 6) is -0.504. The van der Waals surface area contributed by atoms with E-state index >= 15 is 0 Å². The number of nitrogens with one attached hydrogen (secondary N) is 2. The molecule has 7 heteroatoms. The summed E-state index contributed by atoms with van der Waals surface area (Å²) < 4.78 is 0. The topological polar surface area (TPSA) is 78.4 Å². The number of halogens is 2. The Morgan fingerprint density at radius 2 is 1.62 bits per heavy atom.